The van der Waals surface area contributed by atoms with Crippen molar-refractivity contribution in [2.45, 2.75) is 52.6 Å². The number of nitrogens with zero attached hydrogens (tertiary/aromatic N) is 2. The van der Waals surface area contributed by atoms with E-state index >= 15 is 0 Å². The van der Waals surface area contributed by atoms with Crippen LogP contribution in [0.4, 0.5) is 0 Å². The summed E-state index contributed by atoms with van der Waals surface area (Å²) >= 11 is 0. The number of likely N-dealkylation sites (N-methyl/N-ethyl adjacent to an activating group) is 2. The van der Waals surface area contributed by atoms with Crippen LogP contribution in [0.5, 0.6) is 5.75 Å². The van der Waals surface area contributed by atoms with Crippen molar-refractivity contribution in [3.8, 4) is 5.75 Å². The van der Waals surface area contributed by atoms with Crippen molar-refractivity contribution in [1.29, 1.82) is 0 Å². The van der Waals surface area contributed by atoms with Crippen LogP contribution in [0.15, 0.2) is 24.3 Å². The van der Waals surface area contributed by atoms with Gasteiger partial charge in [-0.1, -0.05) is 46.2 Å². The number of rotatable bonds is 8. The van der Waals surface area contributed by atoms with Crippen molar-refractivity contribution in [2.24, 2.45) is 5.92 Å². The Morgan fingerprint density at radius 2 is 1.86 bits per heavy atom. The summed E-state index contributed by atoms with van der Waals surface area (Å²) in [5.41, 5.74) is 0.252. The monoisotopic (exact) mass is 503 g/mol. The molecule has 0 aromatic heterocycles. The normalized spacial score (nSPS) is 20.5. The molecule has 36 heavy (non-hydrogen) atoms. The highest BCUT2D eigenvalue weighted by Gasteiger charge is 2.32. The number of carbonyl (C=O) groups excluding carboxylic acids is 4. The number of carbonyl (C=O) groups is 4. The van der Waals surface area contributed by atoms with Crippen LogP contribution in [0.1, 0.15) is 50.9 Å². The zero-order chi connectivity index (χ0) is 26.7. The number of nitrogens with one attached hydrogen (secondary N) is 3. The Morgan fingerprint density at radius 1 is 1.17 bits per heavy atom. The molecular weight excluding hydrogens is 462 g/mol. The van der Waals surface area contributed by atoms with Crippen LogP contribution >= 0.6 is 0 Å². The first-order chi connectivity index (χ1) is 17.2. The number of hydrogen-bond acceptors (Lipinski definition) is 6. The molecule has 0 fully saturated rings. The smallest absolute Gasteiger partial charge is 0.255 e. The molecule has 2 rings (SSSR count). The van der Waals surface area contributed by atoms with Gasteiger partial charge in [0.15, 0.2) is 0 Å². The Morgan fingerprint density at radius 3 is 2.53 bits per heavy atom. The van der Waals surface area contributed by atoms with E-state index in [-0.39, 0.29) is 37.0 Å². The summed E-state index contributed by atoms with van der Waals surface area (Å²) in [7, 11) is 1.66. The van der Waals surface area contributed by atoms with Crippen LogP contribution in [0.3, 0.4) is 0 Å². The van der Waals surface area contributed by atoms with Crippen molar-refractivity contribution >= 4 is 23.6 Å². The van der Waals surface area contributed by atoms with Crippen molar-refractivity contribution in [2.75, 3.05) is 46.4 Å². The first-order valence-corrected chi connectivity index (χ1v) is 12.8. The molecule has 0 radical (unpaired) electrons. The van der Waals surface area contributed by atoms with E-state index in [9.17, 15) is 19.2 Å². The van der Waals surface area contributed by atoms with Crippen LogP contribution in [0, 0.1) is 5.92 Å². The average molecular weight is 504 g/mol. The van der Waals surface area contributed by atoms with Crippen LogP contribution in [0.2, 0.25) is 0 Å². The highest BCUT2D eigenvalue weighted by Crippen LogP contribution is 2.19. The predicted molar refractivity (Wildman–Crippen MR) is 138 cm³/mol. The van der Waals surface area contributed by atoms with Gasteiger partial charge in [0, 0.05) is 20.1 Å². The topological polar surface area (TPSA) is 120 Å². The second-order valence-electron chi connectivity index (χ2n) is 9.08. The molecule has 0 spiro atoms. The molecule has 10 heteroatoms. The molecule has 1 aromatic carbocycles. The molecule has 1 aliphatic heterocycles. The predicted octanol–water partition coefficient (Wildman–Crippen LogP) is 1.01. The first-order valence-electron chi connectivity index (χ1n) is 12.8. The lowest BCUT2D eigenvalue weighted by Crippen LogP contribution is -2.54. The third-order valence-corrected chi connectivity index (χ3v) is 6.62. The maximum atomic E-state index is 13.1. The lowest BCUT2D eigenvalue weighted by molar-refractivity contribution is -0.137. The van der Waals surface area contributed by atoms with Gasteiger partial charge in [0.25, 0.3) is 5.91 Å². The average Bonchev–Trinajstić information content (AvgIpc) is 2.88. The summed E-state index contributed by atoms with van der Waals surface area (Å²) in [6.07, 6.45) is 0.385. The molecule has 0 bridgehead atoms. The fraction of sp³-hybridized carbons (Fsp3) is 0.615. The van der Waals surface area contributed by atoms with Crippen LogP contribution in [-0.2, 0) is 14.4 Å². The van der Waals surface area contributed by atoms with Gasteiger partial charge in [-0.15, -0.1) is 0 Å². The van der Waals surface area contributed by atoms with Gasteiger partial charge in [0.1, 0.15) is 24.4 Å². The Bertz CT molecular complexity index is 904. The lowest BCUT2D eigenvalue weighted by Gasteiger charge is -2.29. The van der Waals surface area contributed by atoms with Crippen molar-refractivity contribution in [1.82, 2.24) is 25.8 Å². The van der Waals surface area contributed by atoms with Crippen LogP contribution in [0.25, 0.3) is 0 Å². The van der Waals surface area contributed by atoms with E-state index in [1.807, 2.05) is 27.7 Å². The Labute approximate surface area is 214 Å². The third kappa shape index (κ3) is 8.22. The van der Waals surface area contributed by atoms with E-state index in [0.29, 0.717) is 25.3 Å². The minimum Gasteiger partial charge on any atom is -0.491 e. The van der Waals surface area contributed by atoms with Crippen molar-refractivity contribution in [3.05, 3.63) is 29.8 Å². The minimum atomic E-state index is -1.12. The SMILES string of the molecule is CC[C@H](C)[C@@H]1NC(=O)C[C@@H](C(=O)NCCN(CC)CC)NC(=O)c2ccccc2OCCN(C)C1=O. The van der Waals surface area contributed by atoms with Gasteiger partial charge in [-0.2, -0.15) is 0 Å². The van der Waals surface area contributed by atoms with E-state index < -0.39 is 29.8 Å². The summed E-state index contributed by atoms with van der Waals surface area (Å²) in [4.78, 5) is 56.0. The van der Waals surface area contributed by atoms with Crippen molar-refractivity contribution < 1.29 is 23.9 Å². The van der Waals surface area contributed by atoms with Crippen LogP contribution in [-0.4, -0.2) is 91.9 Å². The fourth-order valence-electron chi connectivity index (χ4n) is 3.97. The number of benzene rings is 1. The second kappa shape index (κ2) is 14.4. The summed E-state index contributed by atoms with van der Waals surface area (Å²) in [6.45, 7) is 11.1. The van der Waals surface area contributed by atoms with E-state index in [2.05, 4.69) is 20.9 Å². The Hall–Kier alpha value is -3.14. The molecule has 4 amide bonds. The molecule has 0 unspecified atom stereocenters. The number of hydrogen-bond donors (Lipinski definition) is 3. The third-order valence-electron chi connectivity index (χ3n) is 6.62. The second-order valence-corrected chi connectivity index (χ2v) is 9.08. The Balaban J connectivity index is 2.31. The summed E-state index contributed by atoms with van der Waals surface area (Å²) < 4.78 is 5.83. The molecule has 0 saturated heterocycles. The summed E-state index contributed by atoms with van der Waals surface area (Å²) in [5.74, 6) is -1.45. The number of ether oxygens (including phenoxy) is 1. The largest absolute Gasteiger partial charge is 0.491 e. The molecule has 1 heterocycles. The Kier molecular flexibility index (Phi) is 11.7. The molecule has 10 nitrogen and oxygen atoms in total. The van der Waals surface area contributed by atoms with Gasteiger partial charge in [0.05, 0.1) is 18.5 Å². The van der Waals surface area contributed by atoms with Crippen molar-refractivity contribution in [3.63, 3.8) is 0 Å². The van der Waals surface area contributed by atoms with Gasteiger partial charge >= 0.3 is 0 Å². The quantitative estimate of drug-likeness (QED) is 0.487. The number of amides is 4. The van der Waals surface area contributed by atoms with Gasteiger partial charge in [-0.05, 0) is 31.1 Å². The number of para-hydroxylation sites is 1. The summed E-state index contributed by atoms with van der Waals surface area (Å²) in [6, 6.07) is 4.84. The molecule has 1 aliphatic rings. The van der Waals surface area contributed by atoms with Gasteiger partial charge in [-0.3, -0.25) is 19.2 Å². The molecule has 3 atom stereocenters. The maximum Gasteiger partial charge on any atom is 0.255 e. The van der Waals surface area contributed by atoms with E-state index in [1.54, 1.807) is 31.3 Å². The molecule has 3 N–H and O–H groups in total. The molecular formula is C26H41N5O5. The lowest BCUT2D eigenvalue weighted by atomic mass is 9.97. The maximum absolute atomic E-state index is 13.1. The van der Waals surface area contributed by atoms with Crippen LogP contribution < -0.4 is 20.7 Å². The highest BCUT2D eigenvalue weighted by molar-refractivity contribution is 6.01. The fourth-order valence-corrected chi connectivity index (χ4v) is 3.97. The molecule has 0 aliphatic carbocycles. The molecule has 0 saturated carbocycles. The summed E-state index contributed by atoms with van der Waals surface area (Å²) in [5, 5.41) is 8.33. The van der Waals surface area contributed by atoms with E-state index in [4.69, 9.17) is 4.74 Å². The van der Waals surface area contributed by atoms with E-state index in [1.165, 1.54) is 4.90 Å². The van der Waals surface area contributed by atoms with Gasteiger partial charge in [0.2, 0.25) is 17.7 Å². The molecule has 200 valence electrons. The zero-order valence-corrected chi connectivity index (χ0v) is 22.1. The van der Waals surface area contributed by atoms with E-state index in [0.717, 1.165) is 13.1 Å². The van der Waals surface area contributed by atoms with Gasteiger partial charge in [-0.25, -0.2) is 0 Å². The standard InChI is InChI=1S/C26H41N5O5/c1-6-18(4)23-26(35)30(5)15-16-36-21-12-10-9-11-19(21)24(33)28-20(17-22(32)29-23)25(34)27-13-14-31(7-2)8-3/h9-12,18,20,23H,6-8,13-17H2,1-5H3,(H,27,34)(H,28,33)(H,29,32)/t18-,20-,23-/m0/s1. The highest BCUT2D eigenvalue weighted by atomic mass is 16.5. The number of fused-ring (bicyclic) bond motifs is 1. The molecule has 1 aromatic rings. The minimum absolute atomic E-state index is 0.116. The first kappa shape index (κ1) is 29.1. The van der Waals surface area contributed by atoms with Gasteiger partial charge < -0.3 is 30.5 Å². The zero-order valence-electron chi connectivity index (χ0n) is 22.1.